The summed E-state index contributed by atoms with van der Waals surface area (Å²) < 4.78 is 26.1. The molecule has 9 heteroatoms. The molecule has 0 saturated heterocycles. The molecule has 1 aromatic heterocycles. The fraction of sp³-hybridized carbons (Fsp3) is 0.111. The summed E-state index contributed by atoms with van der Waals surface area (Å²) in [6.45, 7) is 0.702. The third kappa shape index (κ3) is 3.42. The maximum Gasteiger partial charge on any atom is 0.238 e. The Kier molecular flexibility index (Phi) is 4.38. The number of benzene rings is 2. The highest BCUT2D eigenvalue weighted by atomic mass is 32.2. The van der Waals surface area contributed by atoms with Crippen LogP contribution in [0.2, 0.25) is 0 Å². The van der Waals surface area contributed by atoms with Crippen LogP contribution in [0, 0.1) is 0 Å². The second kappa shape index (κ2) is 6.86. The molecule has 0 radical (unpaired) electrons. The summed E-state index contributed by atoms with van der Waals surface area (Å²) in [5.41, 5.74) is 2.79. The lowest BCUT2D eigenvalue weighted by atomic mass is 10.0. The quantitative estimate of drug-likeness (QED) is 0.733. The molecule has 0 atom stereocenters. The fourth-order valence-corrected chi connectivity index (χ4v) is 3.77. The Morgan fingerprint density at radius 2 is 1.85 bits per heavy atom. The molecule has 0 saturated carbocycles. The van der Waals surface area contributed by atoms with Crippen LogP contribution in [0.1, 0.15) is 11.1 Å². The van der Waals surface area contributed by atoms with Gasteiger partial charge in [-0.25, -0.2) is 18.5 Å². The first kappa shape index (κ1) is 17.3. The smallest absolute Gasteiger partial charge is 0.238 e. The molecule has 0 fully saturated rings. The summed E-state index contributed by atoms with van der Waals surface area (Å²) >= 11 is 0. The molecule has 0 aliphatic carbocycles. The standard InChI is InChI=1S/C18H16N6O2S/c19-27(25,26)16-8-4-7-14(17(16)18-20-12-21-23-18)15-9-10-22-24(15)11-13-5-2-1-3-6-13/h1-10H,11-12H2,(H2,19,25,26). The molecule has 136 valence electrons. The van der Waals surface area contributed by atoms with Crippen molar-refractivity contribution in [2.45, 2.75) is 11.4 Å². The zero-order valence-corrected chi connectivity index (χ0v) is 15.0. The van der Waals surface area contributed by atoms with Gasteiger partial charge in [-0.3, -0.25) is 4.68 Å². The van der Waals surface area contributed by atoms with Gasteiger partial charge in [0, 0.05) is 11.8 Å². The van der Waals surface area contributed by atoms with Crippen molar-refractivity contribution < 1.29 is 8.42 Å². The van der Waals surface area contributed by atoms with E-state index >= 15 is 0 Å². The molecule has 8 nitrogen and oxygen atoms in total. The van der Waals surface area contributed by atoms with Gasteiger partial charge in [-0.1, -0.05) is 42.5 Å². The monoisotopic (exact) mass is 380 g/mol. The van der Waals surface area contributed by atoms with Crippen LogP contribution in [0.4, 0.5) is 0 Å². The SMILES string of the molecule is NS(=O)(=O)c1cccc(-c2ccnn2Cc2ccccc2)c1C1=NCN=N1. The van der Waals surface area contributed by atoms with E-state index in [0.29, 0.717) is 17.7 Å². The molecule has 4 rings (SSSR count). The number of rotatable bonds is 5. The number of azo groups is 1. The Morgan fingerprint density at radius 1 is 1.04 bits per heavy atom. The van der Waals surface area contributed by atoms with Crippen LogP contribution in [0.25, 0.3) is 11.3 Å². The van der Waals surface area contributed by atoms with E-state index in [-0.39, 0.29) is 17.4 Å². The Morgan fingerprint density at radius 3 is 2.56 bits per heavy atom. The van der Waals surface area contributed by atoms with Crippen molar-refractivity contribution in [1.82, 2.24) is 9.78 Å². The molecule has 2 N–H and O–H groups in total. The number of amidine groups is 1. The maximum absolute atomic E-state index is 12.1. The highest BCUT2D eigenvalue weighted by Gasteiger charge is 2.24. The van der Waals surface area contributed by atoms with Gasteiger partial charge in [-0.05, 0) is 17.7 Å². The number of sulfonamides is 1. The Balaban J connectivity index is 1.89. The van der Waals surface area contributed by atoms with Gasteiger partial charge in [0.15, 0.2) is 12.5 Å². The van der Waals surface area contributed by atoms with Gasteiger partial charge in [0.2, 0.25) is 10.0 Å². The summed E-state index contributed by atoms with van der Waals surface area (Å²) in [4.78, 5) is 4.16. The topological polar surface area (TPSA) is 115 Å². The Labute approximate surface area is 156 Å². The van der Waals surface area contributed by atoms with E-state index < -0.39 is 10.0 Å². The predicted molar refractivity (Wildman–Crippen MR) is 101 cm³/mol. The minimum Gasteiger partial charge on any atom is -0.260 e. The lowest BCUT2D eigenvalue weighted by Crippen LogP contribution is -2.17. The first-order valence-electron chi connectivity index (χ1n) is 8.18. The van der Waals surface area contributed by atoms with Crippen molar-refractivity contribution in [2.75, 3.05) is 6.67 Å². The summed E-state index contributed by atoms with van der Waals surface area (Å²) in [5, 5.41) is 17.7. The first-order valence-corrected chi connectivity index (χ1v) is 9.73. The van der Waals surface area contributed by atoms with Crippen molar-refractivity contribution in [3.8, 4) is 11.3 Å². The Bertz CT molecular complexity index is 1150. The zero-order valence-electron chi connectivity index (χ0n) is 14.2. The highest BCUT2D eigenvalue weighted by Crippen LogP contribution is 2.30. The second-order valence-electron chi connectivity index (χ2n) is 5.95. The molecule has 0 amide bonds. The number of aromatic nitrogens is 2. The van der Waals surface area contributed by atoms with Gasteiger partial charge >= 0.3 is 0 Å². The number of primary sulfonamides is 1. The van der Waals surface area contributed by atoms with Crippen LogP contribution in [0.5, 0.6) is 0 Å². The first-order chi connectivity index (χ1) is 13.0. The van der Waals surface area contributed by atoms with E-state index in [0.717, 1.165) is 11.3 Å². The predicted octanol–water partition coefficient (Wildman–Crippen LogP) is 2.42. The van der Waals surface area contributed by atoms with Crippen LogP contribution in [0.15, 0.2) is 80.9 Å². The van der Waals surface area contributed by atoms with Crippen LogP contribution in [0.3, 0.4) is 0 Å². The minimum absolute atomic E-state index is 0.0351. The highest BCUT2D eigenvalue weighted by molar-refractivity contribution is 7.89. The van der Waals surface area contributed by atoms with E-state index in [2.05, 4.69) is 20.3 Å². The molecule has 1 aliphatic rings. The lowest BCUT2D eigenvalue weighted by molar-refractivity contribution is 0.597. The minimum atomic E-state index is -3.97. The van der Waals surface area contributed by atoms with E-state index in [9.17, 15) is 8.42 Å². The molecule has 0 spiro atoms. The summed E-state index contributed by atoms with van der Waals surface area (Å²) in [5.74, 6) is 0.252. The molecule has 0 unspecified atom stereocenters. The van der Waals surface area contributed by atoms with Crippen molar-refractivity contribution in [3.63, 3.8) is 0 Å². The van der Waals surface area contributed by atoms with Crippen molar-refractivity contribution in [1.29, 1.82) is 0 Å². The van der Waals surface area contributed by atoms with E-state index in [4.69, 9.17) is 5.14 Å². The van der Waals surface area contributed by atoms with Crippen LogP contribution in [-0.2, 0) is 16.6 Å². The molecule has 0 bridgehead atoms. The van der Waals surface area contributed by atoms with Crippen molar-refractivity contribution in [2.24, 2.45) is 20.4 Å². The van der Waals surface area contributed by atoms with E-state index in [1.165, 1.54) is 6.07 Å². The molecule has 3 aromatic rings. The van der Waals surface area contributed by atoms with Crippen molar-refractivity contribution >= 4 is 15.9 Å². The normalized spacial score (nSPS) is 13.7. The van der Waals surface area contributed by atoms with Gasteiger partial charge in [0.1, 0.15) is 0 Å². The second-order valence-corrected chi connectivity index (χ2v) is 7.48. The fourth-order valence-electron chi connectivity index (χ4n) is 3.01. The third-order valence-electron chi connectivity index (χ3n) is 4.17. The number of nitrogens with zero attached hydrogens (tertiary/aromatic N) is 5. The third-order valence-corrected chi connectivity index (χ3v) is 5.13. The largest absolute Gasteiger partial charge is 0.260 e. The number of aliphatic imine (C=N–C) groups is 1. The zero-order chi connectivity index (χ0) is 18.9. The molecule has 27 heavy (non-hydrogen) atoms. The molecular formula is C18H16N6O2S. The van der Waals surface area contributed by atoms with Gasteiger partial charge in [-0.15, -0.1) is 5.11 Å². The van der Waals surface area contributed by atoms with Gasteiger partial charge in [0.05, 0.1) is 22.7 Å². The van der Waals surface area contributed by atoms with Crippen LogP contribution < -0.4 is 5.14 Å². The van der Waals surface area contributed by atoms with Crippen LogP contribution in [-0.4, -0.2) is 30.7 Å². The van der Waals surface area contributed by atoms with Gasteiger partial charge in [-0.2, -0.15) is 10.2 Å². The van der Waals surface area contributed by atoms with E-state index in [1.54, 1.807) is 23.0 Å². The average Bonchev–Trinajstić information content (AvgIpc) is 3.33. The van der Waals surface area contributed by atoms with Gasteiger partial charge < -0.3 is 0 Å². The summed E-state index contributed by atoms with van der Waals surface area (Å²) in [7, 11) is -3.97. The van der Waals surface area contributed by atoms with E-state index in [1.807, 2.05) is 36.4 Å². The number of hydrogen-bond acceptors (Lipinski definition) is 6. The van der Waals surface area contributed by atoms with Crippen molar-refractivity contribution in [3.05, 3.63) is 71.9 Å². The summed E-state index contributed by atoms with van der Waals surface area (Å²) in [6, 6.07) is 16.6. The van der Waals surface area contributed by atoms with Gasteiger partial charge in [0.25, 0.3) is 0 Å². The maximum atomic E-state index is 12.1. The van der Waals surface area contributed by atoms with Crippen LogP contribution >= 0.6 is 0 Å². The molecular weight excluding hydrogens is 364 g/mol. The number of hydrogen-bond donors (Lipinski definition) is 1. The molecule has 2 aromatic carbocycles. The molecule has 2 heterocycles. The Hall–Kier alpha value is -3.17. The summed E-state index contributed by atoms with van der Waals surface area (Å²) in [6.07, 6.45) is 1.67. The lowest BCUT2D eigenvalue weighted by Gasteiger charge is -2.14. The number of nitrogens with two attached hydrogens (primary N) is 1. The molecule has 1 aliphatic heterocycles. The average molecular weight is 380 g/mol.